The summed E-state index contributed by atoms with van der Waals surface area (Å²) in [6.45, 7) is -0.347. The number of aliphatic hydroxyl groups excluding tert-OH is 1. The average Bonchev–Trinajstić information content (AvgIpc) is 2.14. The van der Waals surface area contributed by atoms with E-state index >= 15 is 0 Å². The summed E-state index contributed by atoms with van der Waals surface area (Å²) < 4.78 is 18.4. The molecule has 0 aliphatic heterocycles. The Morgan fingerprint density at radius 1 is 1.57 bits per heavy atom. The summed E-state index contributed by atoms with van der Waals surface area (Å²) >= 11 is 0. The molecule has 0 unspecified atom stereocenters. The third-order valence-corrected chi connectivity index (χ3v) is 2.41. The highest BCUT2D eigenvalue weighted by atomic mass is 19.1. The van der Waals surface area contributed by atoms with Gasteiger partial charge in [0.15, 0.2) is 0 Å². The van der Waals surface area contributed by atoms with Gasteiger partial charge in [-0.25, -0.2) is 4.98 Å². The second kappa shape index (κ2) is 3.92. The van der Waals surface area contributed by atoms with Gasteiger partial charge in [0.2, 0.25) is 5.95 Å². The van der Waals surface area contributed by atoms with Gasteiger partial charge in [-0.3, -0.25) is 0 Å². The minimum Gasteiger partial charge on any atom is -0.489 e. The number of rotatable bonds is 3. The van der Waals surface area contributed by atoms with E-state index in [-0.39, 0.29) is 18.3 Å². The molecule has 0 saturated heterocycles. The third-order valence-electron chi connectivity index (χ3n) is 2.41. The Bertz CT molecular complexity index is 326. The van der Waals surface area contributed by atoms with Gasteiger partial charge in [-0.05, 0) is 25.3 Å². The van der Waals surface area contributed by atoms with Crippen LogP contribution in [0, 0.1) is 5.95 Å². The van der Waals surface area contributed by atoms with Crippen molar-refractivity contribution in [2.24, 2.45) is 0 Å². The van der Waals surface area contributed by atoms with E-state index in [1.807, 2.05) is 0 Å². The highest BCUT2D eigenvalue weighted by Crippen LogP contribution is 2.25. The van der Waals surface area contributed by atoms with E-state index in [0.717, 1.165) is 12.8 Å². The van der Waals surface area contributed by atoms with E-state index in [1.54, 1.807) is 0 Å². The normalized spacial score (nSPS) is 16.4. The van der Waals surface area contributed by atoms with Gasteiger partial charge in [-0.15, -0.1) is 0 Å². The van der Waals surface area contributed by atoms with Crippen molar-refractivity contribution in [3.05, 3.63) is 23.8 Å². The van der Waals surface area contributed by atoms with Crippen LogP contribution in [-0.4, -0.2) is 16.2 Å². The molecule has 1 aliphatic rings. The predicted octanol–water partition coefficient (Wildman–Crippen LogP) is 1.64. The molecule has 2 rings (SSSR count). The van der Waals surface area contributed by atoms with E-state index in [0.29, 0.717) is 5.75 Å². The fourth-order valence-corrected chi connectivity index (χ4v) is 1.33. The van der Waals surface area contributed by atoms with Gasteiger partial charge in [-0.1, -0.05) is 0 Å². The van der Waals surface area contributed by atoms with Crippen molar-refractivity contribution in [2.45, 2.75) is 32.0 Å². The van der Waals surface area contributed by atoms with E-state index in [2.05, 4.69) is 4.98 Å². The first-order valence-corrected chi connectivity index (χ1v) is 4.71. The van der Waals surface area contributed by atoms with Crippen LogP contribution >= 0.6 is 0 Å². The van der Waals surface area contributed by atoms with Gasteiger partial charge in [0.1, 0.15) is 5.75 Å². The second-order valence-electron chi connectivity index (χ2n) is 3.45. The van der Waals surface area contributed by atoms with Crippen LogP contribution < -0.4 is 4.74 Å². The zero-order valence-corrected chi connectivity index (χ0v) is 7.74. The molecule has 0 aromatic carbocycles. The zero-order chi connectivity index (χ0) is 9.97. The maximum atomic E-state index is 12.9. The summed E-state index contributed by atoms with van der Waals surface area (Å²) in [6, 6.07) is 1.50. The van der Waals surface area contributed by atoms with Crippen molar-refractivity contribution in [1.29, 1.82) is 0 Å². The number of aliphatic hydroxyl groups is 1. The summed E-state index contributed by atoms with van der Waals surface area (Å²) in [7, 11) is 0. The maximum Gasteiger partial charge on any atom is 0.218 e. The standard InChI is InChI=1S/C10H12FNO2/c11-10-7(6-13)4-9(5-12-10)14-8-2-1-3-8/h4-5,8,13H,1-3,6H2. The predicted molar refractivity (Wildman–Crippen MR) is 48.4 cm³/mol. The monoisotopic (exact) mass is 197 g/mol. The van der Waals surface area contributed by atoms with Crippen LogP contribution in [-0.2, 0) is 6.61 Å². The lowest BCUT2D eigenvalue weighted by molar-refractivity contribution is 0.119. The summed E-state index contributed by atoms with van der Waals surface area (Å²) in [6.07, 6.45) is 4.88. The summed E-state index contributed by atoms with van der Waals surface area (Å²) in [5.41, 5.74) is 0.182. The van der Waals surface area contributed by atoms with E-state index in [1.165, 1.54) is 18.7 Å². The molecule has 0 amide bonds. The molecule has 0 spiro atoms. The first-order chi connectivity index (χ1) is 6.79. The van der Waals surface area contributed by atoms with E-state index < -0.39 is 5.95 Å². The average molecular weight is 197 g/mol. The quantitative estimate of drug-likeness (QED) is 0.749. The van der Waals surface area contributed by atoms with Crippen LogP contribution in [0.25, 0.3) is 0 Å². The molecule has 1 aliphatic carbocycles. The Labute approximate surface area is 81.5 Å². The van der Waals surface area contributed by atoms with Gasteiger partial charge < -0.3 is 9.84 Å². The Morgan fingerprint density at radius 2 is 2.36 bits per heavy atom. The van der Waals surface area contributed by atoms with Crippen molar-refractivity contribution < 1.29 is 14.2 Å². The Kier molecular flexibility index (Phi) is 2.63. The van der Waals surface area contributed by atoms with Crippen LogP contribution in [0.15, 0.2) is 12.3 Å². The zero-order valence-electron chi connectivity index (χ0n) is 7.74. The molecule has 0 radical (unpaired) electrons. The van der Waals surface area contributed by atoms with Crippen molar-refractivity contribution in [2.75, 3.05) is 0 Å². The lowest BCUT2D eigenvalue weighted by atomic mass is 9.96. The van der Waals surface area contributed by atoms with Crippen LogP contribution in [0.4, 0.5) is 4.39 Å². The molecule has 3 nitrogen and oxygen atoms in total. The van der Waals surface area contributed by atoms with Crippen LogP contribution in [0.3, 0.4) is 0 Å². The van der Waals surface area contributed by atoms with Crippen molar-refractivity contribution >= 4 is 0 Å². The Balaban J connectivity index is 2.09. The molecule has 0 atom stereocenters. The molecule has 1 aromatic heterocycles. The fourth-order valence-electron chi connectivity index (χ4n) is 1.33. The van der Waals surface area contributed by atoms with Gasteiger partial charge in [-0.2, -0.15) is 4.39 Å². The lowest BCUT2D eigenvalue weighted by Crippen LogP contribution is -2.24. The SMILES string of the molecule is OCc1cc(OC2CCC2)cnc1F. The number of hydrogen-bond donors (Lipinski definition) is 1. The van der Waals surface area contributed by atoms with Crippen LogP contribution in [0.5, 0.6) is 5.75 Å². The smallest absolute Gasteiger partial charge is 0.218 e. The van der Waals surface area contributed by atoms with Crippen molar-refractivity contribution in [3.8, 4) is 5.75 Å². The third kappa shape index (κ3) is 1.85. The van der Waals surface area contributed by atoms with Gasteiger partial charge in [0, 0.05) is 5.56 Å². The molecule has 1 saturated carbocycles. The molecule has 1 N–H and O–H groups in total. The fraction of sp³-hybridized carbons (Fsp3) is 0.500. The molecule has 14 heavy (non-hydrogen) atoms. The minimum atomic E-state index is -0.631. The van der Waals surface area contributed by atoms with Crippen molar-refractivity contribution in [3.63, 3.8) is 0 Å². The summed E-state index contributed by atoms with van der Waals surface area (Å²) in [5, 5.41) is 8.81. The van der Waals surface area contributed by atoms with Crippen LogP contribution in [0.1, 0.15) is 24.8 Å². The molecular weight excluding hydrogens is 185 g/mol. The lowest BCUT2D eigenvalue weighted by Gasteiger charge is -2.26. The van der Waals surface area contributed by atoms with Crippen molar-refractivity contribution in [1.82, 2.24) is 4.98 Å². The van der Waals surface area contributed by atoms with Gasteiger partial charge in [0.05, 0.1) is 18.9 Å². The topological polar surface area (TPSA) is 42.4 Å². The number of pyridine rings is 1. The van der Waals surface area contributed by atoms with Gasteiger partial charge in [0.25, 0.3) is 0 Å². The minimum absolute atomic E-state index is 0.182. The maximum absolute atomic E-state index is 12.9. The van der Waals surface area contributed by atoms with E-state index in [9.17, 15) is 4.39 Å². The highest BCUT2D eigenvalue weighted by molar-refractivity contribution is 5.24. The van der Waals surface area contributed by atoms with Gasteiger partial charge >= 0.3 is 0 Å². The number of nitrogens with zero attached hydrogens (tertiary/aromatic N) is 1. The number of aromatic nitrogens is 1. The molecule has 1 aromatic rings. The largest absolute Gasteiger partial charge is 0.489 e. The van der Waals surface area contributed by atoms with E-state index in [4.69, 9.17) is 9.84 Å². The summed E-state index contributed by atoms with van der Waals surface area (Å²) in [5.74, 6) is -0.0893. The highest BCUT2D eigenvalue weighted by Gasteiger charge is 2.19. The number of halogens is 1. The molecule has 1 heterocycles. The van der Waals surface area contributed by atoms with Crippen LogP contribution in [0.2, 0.25) is 0 Å². The molecule has 76 valence electrons. The summed E-state index contributed by atoms with van der Waals surface area (Å²) in [4.78, 5) is 3.51. The number of ether oxygens (including phenoxy) is 1. The number of hydrogen-bond acceptors (Lipinski definition) is 3. The second-order valence-corrected chi connectivity index (χ2v) is 3.45. The first kappa shape index (κ1) is 9.40. The molecule has 1 fully saturated rings. The molecule has 4 heteroatoms. The Morgan fingerprint density at radius 3 is 2.93 bits per heavy atom. The molecule has 0 bridgehead atoms. The first-order valence-electron chi connectivity index (χ1n) is 4.71. The molecular formula is C10H12FNO2. The Hall–Kier alpha value is -1.16.